The zero-order valence-corrected chi connectivity index (χ0v) is 19.8. The third kappa shape index (κ3) is 4.88. The molecule has 0 aliphatic carbocycles. The molecule has 0 atom stereocenters. The van der Waals surface area contributed by atoms with Crippen molar-refractivity contribution < 1.29 is 4.74 Å². The first-order valence-corrected chi connectivity index (χ1v) is 11.7. The van der Waals surface area contributed by atoms with Crippen molar-refractivity contribution in [1.29, 1.82) is 0 Å². The molecule has 8 heteroatoms. The van der Waals surface area contributed by atoms with Crippen LogP contribution >= 0.6 is 0 Å². The van der Waals surface area contributed by atoms with Gasteiger partial charge in [0, 0.05) is 50.0 Å². The van der Waals surface area contributed by atoms with E-state index in [9.17, 15) is 0 Å². The summed E-state index contributed by atoms with van der Waals surface area (Å²) in [6.07, 6.45) is 3.13. The van der Waals surface area contributed by atoms with E-state index in [2.05, 4.69) is 80.0 Å². The lowest BCUT2D eigenvalue weighted by Gasteiger charge is -2.36. The van der Waals surface area contributed by atoms with Crippen molar-refractivity contribution in [2.24, 2.45) is 0 Å². The van der Waals surface area contributed by atoms with Crippen molar-refractivity contribution in [3.8, 4) is 11.3 Å². The Labute approximate surface area is 205 Å². The zero-order valence-electron chi connectivity index (χ0n) is 19.8. The highest BCUT2D eigenvalue weighted by atomic mass is 16.5. The minimum atomic E-state index is 0.269. The molecule has 2 N–H and O–H groups in total. The molecule has 5 rings (SSSR count). The highest BCUT2D eigenvalue weighted by molar-refractivity contribution is 5.70. The average Bonchev–Trinajstić information content (AvgIpc) is 3.33. The van der Waals surface area contributed by atoms with E-state index in [4.69, 9.17) is 10.5 Å². The highest BCUT2D eigenvalue weighted by Crippen LogP contribution is 2.27. The van der Waals surface area contributed by atoms with Crippen LogP contribution in [0.15, 0.2) is 79.6 Å². The summed E-state index contributed by atoms with van der Waals surface area (Å²) < 4.78 is 6.92. The van der Waals surface area contributed by atoms with Gasteiger partial charge in [0.25, 0.3) is 0 Å². The van der Waals surface area contributed by atoms with Crippen LogP contribution in [0.1, 0.15) is 18.3 Å². The molecule has 1 aliphatic heterocycles. The maximum atomic E-state index is 6.24. The average molecular weight is 468 g/mol. The zero-order chi connectivity index (χ0) is 24.2. The molecule has 1 fully saturated rings. The van der Waals surface area contributed by atoms with E-state index in [1.807, 2.05) is 19.1 Å². The number of ether oxygens (including phenoxy) is 1. The van der Waals surface area contributed by atoms with Crippen molar-refractivity contribution in [1.82, 2.24) is 24.5 Å². The number of anilines is 2. The largest absolute Gasteiger partial charge is 0.462 e. The Bertz CT molecular complexity index is 1350. The number of nitrogens with two attached hydrogens (primary N) is 1. The molecule has 178 valence electrons. The summed E-state index contributed by atoms with van der Waals surface area (Å²) in [4.78, 5) is 14.1. The number of nitrogens with zero attached hydrogens (tertiary/aromatic N) is 6. The molecule has 0 bridgehead atoms. The Hall–Kier alpha value is -4.17. The van der Waals surface area contributed by atoms with Gasteiger partial charge in [-0.3, -0.25) is 4.90 Å². The van der Waals surface area contributed by atoms with Crippen molar-refractivity contribution in [2.75, 3.05) is 36.8 Å². The molecule has 1 saturated heterocycles. The molecule has 3 heterocycles. The van der Waals surface area contributed by atoms with E-state index < -0.39 is 0 Å². The molecule has 0 spiro atoms. The van der Waals surface area contributed by atoms with E-state index in [1.165, 1.54) is 22.0 Å². The van der Waals surface area contributed by atoms with E-state index in [0.29, 0.717) is 17.2 Å². The molecular weight excluding hydrogens is 438 g/mol. The number of benzene rings is 2. The summed E-state index contributed by atoms with van der Waals surface area (Å²) in [6.45, 7) is 10.5. The third-order valence-corrected chi connectivity index (χ3v) is 6.17. The number of rotatable bonds is 7. The van der Waals surface area contributed by atoms with Gasteiger partial charge >= 0.3 is 0 Å². The Morgan fingerprint density at radius 2 is 1.83 bits per heavy atom. The number of hydrogen-bond donors (Lipinski definition) is 1. The van der Waals surface area contributed by atoms with E-state index in [-0.39, 0.29) is 5.95 Å². The van der Waals surface area contributed by atoms with Crippen molar-refractivity contribution in [3.05, 3.63) is 91.0 Å². The van der Waals surface area contributed by atoms with E-state index in [1.54, 1.807) is 6.08 Å². The van der Waals surface area contributed by atoms with Crippen LogP contribution < -0.4 is 10.6 Å². The van der Waals surface area contributed by atoms with Crippen LogP contribution in [-0.4, -0.2) is 50.7 Å². The van der Waals surface area contributed by atoms with Gasteiger partial charge in [-0.1, -0.05) is 49.0 Å². The number of nitrogen functional groups attached to an aromatic ring is 1. The molecule has 0 radical (unpaired) electrons. The van der Waals surface area contributed by atoms with Gasteiger partial charge in [0.15, 0.2) is 11.4 Å². The van der Waals surface area contributed by atoms with Crippen LogP contribution in [-0.2, 0) is 11.3 Å². The fourth-order valence-corrected chi connectivity index (χ4v) is 4.37. The molecular formula is C27H29N7O. The number of allylic oxidation sites excluding steroid dienone is 1. The summed E-state index contributed by atoms with van der Waals surface area (Å²) in [5.41, 5.74) is 11.1. The van der Waals surface area contributed by atoms with Gasteiger partial charge in [-0.2, -0.15) is 4.52 Å². The lowest BCUT2D eigenvalue weighted by molar-refractivity contribution is 0.250. The summed E-state index contributed by atoms with van der Waals surface area (Å²) in [7, 11) is 0. The number of fused-ring (bicyclic) bond motifs is 1. The third-order valence-electron chi connectivity index (χ3n) is 6.17. The van der Waals surface area contributed by atoms with Gasteiger partial charge < -0.3 is 15.4 Å². The van der Waals surface area contributed by atoms with Gasteiger partial charge in [-0.25, -0.2) is 9.97 Å². The summed E-state index contributed by atoms with van der Waals surface area (Å²) in [5.74, 6) is 1.21. The summed E-state index contributed by atoms with van der Waals surface area (Å²) in [5, 5.41) is 4.43. The van der Waals surface area contributed by atoms with Crippen LogP contribution in [0.3, 0.4) is 0 Å². The topological polar surface area (TPSA) is 84.8 Å². The Kier molecular flexibility index (Phi) is 6.45. The monoisotopic (exact) mass is 467 g/mol. The molecule has 8 nitrogen and oxygen atoms in total. The second-order valence-corrected chi connectivity index (χ2v) is 8.44. The van der Waals surface area contributed by atoms with Gasteiger partial charge in [0.2, 0.25) is 11.8 Å². The Morgan fingerprint density at radius 3 is 2.57 bits per heavy atom. The summed E-state index contributed by atoms with van der Waals surface area (Å²) >= 11 is 0. The smallest absolute Gasteiger partial charge is 0.223 e. The molecule has 2 aromatic heterocycles. The fraction of sp³-hybridized carbons (Fsp3) is 0.222. The predicted octanol–water partition coefficient (Wildman–Crippen LogP) is 4.22. The van der Waals surface area contributed by atoms with Crippen molar-refractivity contribution >= 4 is 23.0 Å². The number of aromatic nitrogens is 4. The SMILES string of the molecule is C=CO/C(=C\C)c1nc2cc(-c3cccc(N4CCN(Cc5ccccc5)CC4)c3)nc(N)n2n1. The number of piperazine rings is 1. The van der Waals surface area contributed by atoms with Gasteiger partial charge in [0.05, 0.1) is 12.0 Å². The molecule has 0 saturated carbocycles. The normalized spacial score (nSPS) is 14.9. The van der Waals surface area contributed by atoms with Crippen LogP contribution in [0.5, 0.6) is 0 Å². The first kappa shape index (κ1) is 22.6. The van der Waals surface area contributed by atoms with E-state index in [0.717, 1.165) is 44.0 Å². The molecule has 4 aromatic rings. The maximum absolute atomic E-state index is 6.24. The standard InChI is InChI=1S/C27H29N7O/c1-3-24(35-4-2)26-30-25-18-23(29-27(28)34(25)31-26)21-11-8-12-22(17-21)33-15-13-32(14-16-33)19-20-9-6-5-7-10-20/h3-12,17-18H,2,13-16,19H2,1H3,(H2,28,29)/b24-3-. The minimum absolute atomic E-state index is 0.269. The van der Waals surface area contributed by atoms with Crippen LogP contribution in [0.25, 0.3) is 22.7 Å². The maximum Gasteiger partial charge on any atom is 0.223 e. The lowest BCUT2D eigenvalue weighted by atomic mass is 10.1. The predicted molar refractivity (Wildman–Crippen MR) is 139 cm³/mol. The fourth-order valence-electron chi connectivity index (χ4n) is 4.37. The van der Waals surface area contributed by atoms with Crippen LogP contribution in [0.2, 0.25) is 0 Å². The first-order valence-electron chi connectivity index (χ1n) is 11.7. The quantitative estimate of drug-likeness (QED) is 0.408. The lowest BCUT2D eigenvalue weighted by Crippen LogP contribution is -2.45. The second-order valence-electron chi connectivity index (χ2n) is 8.44. The molecule has 35 heavy (non-hydrogen) atoms. The van der Waals surface area contributed by atoms with Gasteiger partial charge in [-0.05, 0) is 30.7 Å². The molecule has 0 amide bonds. The van der Waals surface area contributed by atoms with Crippen molar-refractivity contribution in [3.63, 3.8) is 0 Å². The van der Waals surface area contributed by atoms with Crippen LogP contribution in [0.4, 0.5) is 11.6 Å². The summed E-state index contributed by atoms with van der Waals surface area (Å²) in [6, 6.07) is 21.0. The second kappa shape index (κ2) is 9.99. The molecule has 1 aliphatic rings. The Balaban J connectivity index is 1.34. The first-order chi connectivity index (χ1) is 17.1. The Morgan fingerprint density at radius 1 is 1.03 bits per heavy atom. The van der Waals surface area contributed by atoms with Crippen LogP contribution in [0, 0.1) is 0 Å². The van der Waals surface area contributed by atoms with Crippen molar-refractivity contribution in [2.45, 2.75) is 13.5 Å². The number of hydrogen-bond acceptors (Lipinski definition) is 7. The highest BCUT2D eigenvalue weighted by Gasteiger charge is 2.19. The van der Waals surface area contributed by atoms with E-state index >= 15 is 0 Å². The van der Waals surface area contributed by atoms with Gasteiger partial charge in [-0.15, -0.1) is 5.10 Å². The van der Waals surface area contributed by atoms with Gasteiger partial charge in [0.1, 0.15) is 0 Å². The molecule has 2 aromatic carbocycles. The minimum Gasteiger partial charge on any atom is -0.462 e. The molecule has 0 unspecified atom stereocenters.